The van der Waals surface area contributed by atoms with Gasteiger partial charge >= 0.3 is 0 Å². The molecule has 1 fully saturated rings. The molecule has 4 heterocycles. The van der Waals surface area contributed by atoms with Gasteiger partial charge in [0, 0.05) is 49.7 Å². The number of benzene rings is 1. The highest BCUT2D eigenvalue weighted by Gasteiger charge is 2.26. The summed E-state index contributed by atoms with van der Waals surface area (Å²) in [5.41, 5.74) is 4.11. The smallest absolute Gasteiger partial charge is 0.171 e. The normalized spacial score (nSPS) is 16.2. The van der Waals surface area contributed by atoms with Crippen LogP contribution in [0.2, 0.25) is 0 Å². The van der Waals surface area contributed by atoms with Crippen molar-refractivity contribution in [2.75, 3.05) is 18.4 Å². The zero-order chi connectivity index (χ0) is 22.8. The van der Waals surface area contributed by atoms with Gasteiger partial charge in [-0.1, -0.05) is 23.8 Å². The summed E-state index contributed by atoms with van der Waals surface area (Å²) in [5, 5.41) is 7.96. The second-order valence-electron chi connectivity index (χ2n) is 8.27. The van der Waals surface area contributed by atoms with Crippen molar-refractivity contribution in [3.8, 4) is 0 Å². The van der Waals surface area contributed by atoms with Gasteiger partial charge in [0.15, 0.2) is 5.65 Å². The average Bonchev–Trinajstić information content (AvgIpc) is 3.24. The number of aryl methyl sites for hydroxylation is 1. The summed E-state index contributed by atoms with van der Waals surface area (Å²) in [6, 6.07) is 14.0. The molecule has 1 N–H and O–H groups in total. The van der Waals surface area contributed by atoms with Gasteiger partial charge in [-0.25, -0.2) is 13.5 Å². The van der Waals surface area contributed by atoms with E-state index in [1.54, 1.807) is 12.4 Å². The summed E-state index contributed by atoms with van der Waals surface area (Å²) in [6.45, 7) is 4.24. The first kappa shape index (κ1) is 22.2. The topological polar surface area (TPSA) is 75.4 Å². The zero-order valence-electron chi connectivity index (χ0n) is 18.3. The third-order valence-electron chi connectivity index (χ3n) is 5.97. The highest BCUT2D eigenvalue weighted by molar-refractivity contribution is 9.10. The van der Waals surface area contributed by atoms with Crippen LogP contribution in [0.25, 0.3) is 5.65 Å². The van der Waals surface area contributed by atoms with Gasteiger partial charge < -0.3 is 5.32 Å². The predicted octanol–water partition coefficient (Wildman–Crippen LogP) is 4.71. The van der Waals surface area contributed by atoms with E-state index < -0.39 is 11.0 Å². The van der Waals surface area contributed by atoms with Gasteiger partial charge in [-0.3, -0.25) is 4.98 Å². The summed E-state index contributed by atoms with van der Waals surface area (Å²) < 4.78 is 17.8. The second kappa shape index (κ2) is 9.70. The van der Waals surface area contributed by atoms with E-state index in [1.807, 2.05) is 54.0 Å². The van der Waals surface area contributed by atoms with E-state index in [0.29, 0.717) is 12.5 Å². The number of pyridine rings is 1. The highest BCUT2D eigenvalue weighted by atomic mass is 79.9. The standard InChI is InChI=1S/C24H25BrN6OS/c1-17-4-6-20(7-5-17)33(32)30-11-8-19(9-12-30)22-13-23(27-15-18-3-2-10-26-14-18)31-24(29-22)21(25)16-28-31/h2-7,10,13-14,16,19,27H,8-9,11-12,15H2,1H3. The van der Waals surface area contributed by atoms with Crippen LogP contribution in [0.5, 0.6) is 0 Å². The number of nitrogens with one attached hydrogen (secondary N) is 1. The Morgan fingerprint density at radius 2 is 1.94 bits per heavy atom. The minimum absolute atomic E-state index is 0.307. The van der Waals surface area contributed by atoms with Crippen molar-refractivity contribution in [2.24, 2.45) is 0 Å². The maximum Gasteiger partial charge on any atom is 0.171 e. The van der Waals surface area contributed by atoms with E-state index in [0.717, 1.165) is 58.0 Å². The molecule has 1 aliphatic heterocycles. The van der Waals surface area contributed by atoms with E-state index in [-0.39, 0.29) is 0 Å². The monoisotopic (exact) mass is 524 g/mol. The average molecular weight is 525 g/mol. The Morgan fingerprint density at radius 3 is 2.67 bits per heavy atom. The van der Waals surface area contributed by atoms with Gasteiger partial charge in [0.2, 0.25) is 0 Å². The quantitative estimate of drug-likeness (QED) is 0.395. The summed E-state index contributed by atoms with van der Waals surface area (Å²) in [5.74, 6) is 1.21. The number of aromatic nitrogens is 4. The van der Waals surface area contributed by atoms with Crippen molar-refractivity contribution in [1.82, 2.24) is 23.9 Å². The zero-order valence-corrected chi connectivity index (χ0v) is 20.7. The Morgan fingerprint density at radius 1 is 1.15 bits per heavy atom. The molecule has 0 bridgehead atoms. The Bertz CT molecular complexity index is 1270. The molecule has 4 aromatic rings. The number of fused-ring (bicyclic) bond motifs is 1. The molecule has 3 aromatic heterocycles. The third-order valence-corrected chi connectivity index (χ3v) is 8.04. The fourth-order valence-electron chi connectivity index (χ4n) is 4.11. The van der Waals surface area contributed by atoms with E-state index in [9.17, 15) is 4.21 Å². The highest BCUT2D eigenvalue weighted by Crippen LogP contribution is 2.31. The molecule has 0 radical (unpaired) electrons. The molecule has 33 heavy (non-hydrogen) atoms. The fourth-order valence-corrected chi connectivity index (χ4v) is 5.66. The molecule has 9 heteroatoms. The van der Waals surface area contributed by atoms with E-state index in [4.69, 9.17) is 4.98 Å². The van der Waals surface area contributed by atoms with Crippen LogP contribution in [0.15, 0.2) is 70.4 Å². The molecule has 0 saturated carbocycles. The second-order valence-corrected chi connectivity index (χ2v) is 10.6. The first-order valence-corrected chi connectivity index (χ1v) is 12.9. The molecule has 5 rings (SSSR count). The van der Waals surface area contributed by atoms with Crippen LogP contribution in [0.4, 0.5) is 5.82 Å². The van der Waals surface area contributed by atoms with Gasteiger partial charge in [0.25, 0.3) is 0 Å². The van der Waals surface area contributed by atoms with E-state index in [2.05, 4.69) is 41.7 Å². The molecule has 1 saturated heterocycles. The lowest BCUT2D eigenvalue weighted by molar-refractivity contribution is 0.331. The number of piperidine rings is 1. The van der Waals surface area contributed by atoms with Crippen molar-refractivity contribution in [3.63, 3.8) is 0 Å². The predicted molar refractivity (Wildman–Crippen MR) is 133 cm³/mol. The Hall–Kier alpha value is -2.62. The van der Waals surface area contributed by atoms with Gasteiger partial charge in [0.05, 0.1) is 15.6 Å². The number of hydrogen-bond acceptors (Lipinski definition) is 5. The number of anilines is 1. The molecule has 1 aromatic carbocycles. The summed E-state index contributed by atoms with van der Waals surface area (Å²) >= 11 is 3.58. The Labute approximate surface area is 204 Å². The minimum atomic E-state index is -1.12. The summed E-state index contributed by atoms with van der Waals surface area (Å²) in [6.07, 6.45) is 7.22. The third kappa shape index (κ3) is 4.85. The Kier molecular flexibility index (Phi) is 6.52. The SMILES string of the molecule is Cc1ccc(S(=O)N2CCC(c3cc(NCc4cccnc4)n4ncc(Br)c4n3)CC2)cc1. The molecule has 0 spiro atoms. The molecule has 1 aliphatic rings. The van der Waals surface area contributed by atoms with Gasteiger partial charge in [-0.05, 0) is 59.5 Å². The van der Waals surface area contributed by atoms with E-state index in [1.165, 1.54) is 5.56 Å². The van der Waals surface area contributed by atoms with Crippen LogP contribution in [0.1, 0.15) is 35.6 Å². The Balaban J connectivity index is 1.33. The summed E-state index contributed by atoms with van der Waals surface area (Å²) in [4.78, 5) is 9.97. The van der Waals surface area contributed by atoms with Gasteiger partial charge in [0.1, 0.15) is 16.8 Å². The lowest BCUT2D eigenvalue weighted by atomic mass is 9.94. The molecular weight excluding hydrogens is 500 g/mol. The van der Waals surface area contributed by atoms with Crippen LogP contribution >= 0.6 is 15.9 Å². The van der Waals surface area contributed by atoms with Crippen LogP contribution in [-0.4, -0.2) is 41.2 Å². The van der Waals surface area contributed by atoms with Crippen LogP contribution < -0.4 is 5.32 Å². The first-order chi connectivity index (χ1) is 16.1. The number of nitrogens with zero attached hydrogens (tertiary/aromatic N) is 5. The minimum Gasteiger partial charge on any atom is -0.366 e. The van der Waals surface area contributed by atoms with Crippen LogP contribution in [0.3, 0.4) is 0 Å². The lowest BCUT2D eigenvalue weighted by Gasteiger charge is -2.30. The maximum atomic E-state index is 13.0. The molecule has 0 amide bonds. The number of hydrogen-bond donors (Lipinski definition) is 1. The van der Waals surface area contributed by atoms with Crippen LogP contribution in [-0.2, 0) is 17.5 Å². The largest absolute Gasteiger partial charge is 0.366 e. The van der Waals surface area contributed by atoms with Crippen molar-refractivity contribution in [3.05, 3.63) is 82.3 Å². The van der Waals surface area contributed by atoms with Crippen LogP contribution in [0, 0.1) is 6.92 Å². The molecule has 7 nitrogen and oxygen atoms in total. The molecule has 170 valence electrons. The first-order valence-electron chi connectivity index (χ1n) is 11.0. The lowest BCUT2D eigenvalue weighted by Crippen LogP contribution is -2.34. The van der Waals surface area contributed by atoms with Crippen molar-refractivity contribution >= 4 is 38.4 Å². The summed E-state index contributed by atoms with van der Waals surface area (Å²) in [7, 11) is -1.12. The van der Waals surface area contributed by atoms with Crippen molar-refractivity contribution in [2.45, 2.75) is 37.1 Å². The number of halogens is 1. The fraction of sp³-hybridized carbons (Fsp3) is 0.292. The van der Waals surface area contributed by atoms with Crippen molar-refractivity contribution in [1.29, 1.82) is 0 Å². The molecule has 1 atom stereocenters. The van der Waals surface area contributed by atoms with Crippen molar-refractivity contribution < 1.29 is 4.21 Å². The molecule has 1 unspecified atom stereocenters. The van der Waals surface area contributed by atoms with Gasteiger partial charge in [-0.15, -0.1) is 0 Å². The molecule has 0 aliphatic carbocycles. The maximum absolute atomic E-state index is 13.0. The number of rotatable bonds is 6. The van der Waals surface area contributed by atoms with E-state index >= 15 is 0 Å². The van der Waals surface area contributed by atoms with Gasteiger partial charge in [-0.2, -0.15) is 9.61 Å². The molecular formula is C24H25BrN6OS.